The number of rotatable bonds is 5. The second-order valence-electron chi connectivity index (χ2n) is 6.15. The Morgan fingerprint density at radius 3 is 2.05 bits per heavy atom. The third-order valence-electron chi connectivity index (χ3n) is 2.91. The normalized spacial score (nSPS) is 14.2. The van der Waals surface area contributed by atoms with E-state index in [-0.39, 0.29) is 11.2 Å². The van der Waals surface area contributed by atoms with E-state index in [4.69, 9.17) is 0 Å². The molecule has 0 aliphatic carbocycles. The highest BCUT2D eigenvalue weighted by Crippen LogP contribution is 2.25. The number of benzene rings is 1. The minimum absolute atomic E-state index is 0.182. The predicted molar refractivity (Wildman–Crippen MR) is 73.7 cm³/mol. The van der Waals surface area contributed by atoms with Crippen molar-refractivity contribution in [1.29, 1.82) is 0 Å². The van der Waals surface area contributed by atoms with E-state index >= 15 is 0 Å². The molecule has 0 bridgehead atoms. The smallest absolute Gasteiger partial charge is 0.406 e. The molecule has 0 aromatic heterocycles. The topological polar surface area (TPSA) is 21.3 Å². The average Bonchev–Trinajstić information content (AvgIpc) is 2.27. The number of hydrogen-bond acceptors (Lipinski definition) is 2. The lowest BCUT2D eigenvalue weighted by Crippen LogP contribution is -2.32. The molecule has 2 nitrogen and oxygen atoms in total. The molecule has 1 aromatic rings. The van der Waals surface area contributed by atoms with E-state index in [1.807, 2.05) is 7.05 Å². The summed E-state index contributed by atoms with van der Waals surface area (Å²) in [5.41, 5.74) is 1.19. The number of ether oxygens (including phenoxy) is 1. The van der Waals surface area contributed by atoms with Crippen LogP contribution in [0.3, 0.4) is 0 Å². The Hall–Kier alpha value is -1.23. The third kappa shape index (κ3) is 6.80. The molecule has 1 N–H and O–H groups in total. The summed E-state index contributed by atoms with van der Waals surface area (Å²) < 4.78 is 40.0. The van der Waals surface area contributed by atoms with Crippen LogP contribution in [0.1, 0.15) is 32.8 Å². The van der Waals surface area contributed by atoms with Gasteiger partial charge in [-0.2, -0.15) is 0 Å². The van der Waals surface area contributed by atoms with E-state index in [0.29, 0.717) is 6.04 Å². The second kappa shape index (κ2) is 6.48. The Balaban J connectivity index is 2.64. The van der Waals surface area contributed by atoms with Gasteiger partial charge in [-0.05, 0) is 43.0 Å². The summed E-state index contributed by atoms with van der Waals surface area (Å²) in [6, 6.07) is 6.35. The van der Waals surface area contributed by atoms with Crippen LogP contribution in [0.4, 0.5) is 13.2 Å². The minimum Gasteiger partial charge on any atom is -0.406 e. The van der Waals surface area contributed by atoms with Gasteiger partial charge in [-0.15, -0.1) is 13.2 Å². The molecule has 1 atom stereocenters. The Kier molecular flexibility index (Phi) is 5.45. The van der Waals surface area contributed by atoms with Gasteiger partial charge in [-0.1, -0.05) is 32.9 Å². The van der Waals surface area contributed by atoms with Crippen LogP contribution in [0.5, 0.6) is 5.75 Å². The molecule has 0 heterocycles. The zero-order valence-electron chi connectivity index (χ0n) is 12.3. The molecule has 0 saturated carbocycles. The van der Waals surface area contributed by atoms with Crippen LogP contribution >= 0.6 is 0 Å². The Morgan fingerprint density at radius 2 is 1.65 bits per heavy atom. The quantitative estimate of drug-likeness (QED) is 0.879. The summed E-state index contributed by atoms with van der Waals surface area (Å²) in [4.78, 5) is 0. The molecular weight excluding hydrogens is 267 g/mol. The van der Waals surface area contributed by atoms with Gasteiger partial charge >= 0.3 is 6.36 Å². The van der Waals surface area contributed by atoms with Crippen molar-refractivity contribution < 1.29 is 17.9 Å². The van der Waals surface area contributed by atoms with E-state index in [1.54, 1.807) is 12.1 Å². The fourth-order valence-electron chi connectivity index (χ4n) is 2.13. The van der Waals surface area contributed by atoms with Crippen molar-refractivity contribution in [3.05, 3.63) is 29.8 Å². The van der Waals surface area contributed by atoms with Gasteiger partial charge in [0.05, 0.1) is 0 Å². The molecule has 0 amide bonds. The number of likely N-dealkylation sites (N-methyl/N-ethyl adjacent to an activating group) is 1. The van der Waals surface area contributed by atoms with Crippen molar-refractivity contribution >= 4 is 0 Å². The van der Waals surface area contributed by atoms with Crippen molar-refractivity contribution in [1.82, 2.24) is 5.32 Å². The highest BCUT2D eigenvalue weighted by atomic mass is 19.4. The molecule has 1 rings (SSSR count). The third-order valence-corrected chi connectivity index (χ3v) is 2.91. The lowest BCUT2D eigenvalue weighted by atomic mass is 9.86. The van der Waals surface area contributed by atoms with E-state index in [1.165, 1.54) is 12.1 Å². The SMILES string of the molecule is CNC(Cc1ccc(OC(F)(F)F)cc1)CC(C)(C)C. The number of hydrogen-bond donors (Lipinski definition) is 1. The van der Waals surface area contributed by atoms with Gasteiger partial charge in [0, 0.05) is 6.04 Å². The largest absolute Gasteiger partial charge is 0.573 e. The summed E-state index contributed by atoms with van der Waals surface area (Å²) in [5, 5.41) is 3.25. The zero-order chi connectivity index (χ0) is 15.4. The Morgan fingerprint density at radius 1 is 1.10 bits per heavy atom. The van der Waals surface area contributed by atoms with E-state index in [2.05, 4.69) is 30.8 Å². The van der Waals surface area contributed by atoms with Gasteiger partial charge in [-0.3, -0.25) is 0 Å². The number of alkyl halides is 3. The predicted octanol–water partition coefficient (Wildman–Crippen LogP) is 4.15. The highest BCUT2D eigenvalue weighted by Gasteiger charge is 2.31. The first-order chi connectivity index (χ1) is 9.09. The zero-order valence-corrected chi connectivity index (χ0v) is 12.3. The molecule has 20 heavy (non-hydrogen) atoms. The van der Waals surface area contributed by atoms with Crippen LogP contribution in [-0.2, 0) is 6.42 Å². The maximum absolute atomic E-state index is 12.1. The first kappa shape index (κ1) is 16.8. The van der Waals surface area contributed by atoms with Crippen molar-refractivity contribution in [3.8, 4) is 5.75 Å². The standard InChI is InChI=1S/C15H22F3NO/c1-14(2,3)10-12(19-4)9-11-5-7-13(8-6-11)20-15(16,17)18/h5-8,12,19H,9-10H2,1-4H3. The van der Waals surface area contributed by atoms with Crippen LogP contribution in [0.25, 0.3) is 0 Å². The number of halogens is 3. The fourth-order valence-corrected chi connectivity index (χ4v) is 2.13. The second-order valence-corrected chi connectivity index (χ2v) is 6.15. The molecule has 0 spiro atoms. The molecule has 0 radical (unpaired) electrons. The first-order valence-corrected chi connectivity index (χ1v) is 6.61. The summed E-state index contributed by atoms with van der Waals surface area (Å²) in [6.45, 7) is 6.49. The lowest BCUT2D eigenvalue weighted by Gasteiger charge is -2.25. The van der Waals surface area contributed by atoms with Crippen molar-refractivity contribution in [2.45, 2.75) is 46.0 Å². The van der Waals surface area contributed by atoms with Crippen molar-refractivity contribution in [2.24, 2.45) is 5.41 Å². The van der Waals surface area contributed by atoms with Gasteiger partial charge in [0.25, 0.3) is 0 Å². The van der Waals surface area contributed by atoms with E-state index < -0.39 is 6.36 Å². The van der Waals surface area contributed by atoms with Gasteiger partial charge in [0.1, 0.15) is 5.75 Å². The highest BCUT2D eigenvalue weighted by molar-refractivity contribution is 5.28. The maximum Gasteiger partial charge on any atom is 0.573 e. The molecule has 0 aliphatic rings. The Labute approximate surface area is 118 Å². The van der Waals surface area contributed by atoms with Crippen LogP contribution in [0.2, 0.25) is 0 Å². The first-order valence-electron chi connectivity index (χ1n) is 6.61. The van der Waals surface area contributed by atoms with Crippen LogP contribution in [-0.4, -0.2) is 19.5 Å². The minimum atomic E-state index is -4.64. The van der Waals surface area contributed by atoms with E-state index in [0.717, 1.165) is 18.4 Å². The summed E-state index contributed by atoms with van der Waals surface area (Å²) in [5.74, 6) is -0.182. The molecule has 5 heteroatoms. The average molecular weight is 289 g/mol. The molecule has 114 valence electrons. The van der Waals surface area contributed by atoms with Crippen LogP contribution < -0.4 is 10.1 Å². The maximum atomic E-state index is 12.1. The molecular formula is C15H22F3NO. The van der Waals surface area contributed by atoms with E-state index in [9.17, 15) is 13.2 Å². The summed E-state index contributed by atoms with van der Waals surface area (Å²) in [7, 11) is 1.90. The number of nitrogens with one attached hydrogen (secondary N) is 1. The van der Waals surface area contributed by atoms with Gasteiger partial charge in [0.15, 0.2) is 0 Å². The molecule has 1 aromatic carbocycles. The van der Waals surface area contributed by atoms with Crippen LogP contribution in [0.15, 0.2) is 24.3 Å². The van der Waals surface area contributed by atoms with Gasteiger partial charge < -0.3 is 10.1 Å². The van der Waals surface area contributed by atoms with Crippen LogP contribution in [0, 0.1) is 5.41 Å². The molecule has 1 unspecified atom stereocenters. The summed E-state index contributed by atoms with van der Waals surface area (Å²) in [6.07, 6.45) is -2.87. The van der Waals surface area contributed by atoms with Gasteiger partial charge in [-0.25, -0.2) is 0 Å². The van der Waals surface area contributed by atoms with Crippen molar-refractivity contribution in [2.75, 3.05) is 7.05 Å². The monoisotopic (exact) mass is 289 g/mol. The molecule has 0 saturated heterocycles. The molecule has 0 aliphatic heterocycles. The summed E-state index contributed by atoms with van der Waals surface area (Å²) >= 11 is 0. The fraction of sp³-hybridized carbons (Fsp3) is 0.600. The van der Waals surface area contributed by atoms with Crippen molar-refractivity contribution in [3.63, 3.8) is 0 Å². The Bertz CT molecular complexity index is 407. The molecule has 0 fully saturated rings. The lowest BCUT2D eigenvalue weighted by molar-refractivity contribution is -0.274. The van der Waals surface area contributed by atoms with Gasteiger partial charge in [0.2, 0.25) is 0 Å².